The summed E-state index contributed by atoms with van der Waals surface area (Å²) in [5.74, 6) is -0.351. The lowest BCUT2D eigenvalue weighted by Gasteiger charge is -2.10. The normalized spacial score (nSPS) is 11.1. The molecule has 0 heterocycles. The molecule has 1 rings (SSSR count). The average Bonchev–Trinajstić information content (AvgIpc) is 2.41. The number of para-hydroxylation sites is 1. The van der Waals surface area contributed by atoms with Crippen molar-refractivity contribution in [2.75, 3.05) is 32.7 Å². The van der Waals surface area contributed by atoms with Crippen LogP contribution in [0.15, 0.2) is 24.3 Å². The van der Waals surface area contributed by atoms with Crippen molar-refractivity contribution in [3.8, 4) is 5.75 Å². The van der Waals surface area contributed by atoms with Crippen LogP contribution in [0.25, 0.3) is 0 Å². The molecular formula is C12H17NO6S. The molecule has 112 valence electrons. The molecule has 8 heteroatoms. The van der Waals surface area contributed by atoms with E-state index in [-0.39, 0.29) is 25.6 Å². The zero-order chi connectivity index (χ0) is 15.0. The number of methoxy groups -OCH3 is 1. The molecule has 0 spiro atoms. The number of carbonyl (C=O) groups excluding carboxylic acids is 1. The third kappa shape index (κ3) is 6.00. The molecule has 0 saturated carbocycles. The van der Waals surface area contributed by atoms with Gasteiger partial charge in [-0.05, 0) is 12.1 Å². The maximum absolute atomic E-state index is 11.5. The van der Waals surface area contributed by atoms with Crippen LogP contribution in [-0.4, -0.2) is 47.1 Å². The molecule has 0 radical (unpaired) electrons. The Balaban J connectivity index is 2.37. The van der Waals surface area contributed by atoms with E-state index in [4.69, 9.17) is 14.6 Å². The first-order valence-electron chi connectivity index (χ1n) is 5.82. The van der Waals surface area contributed by atoms with Crippen molar-refractivity contribution in [2.24, 2.45) is 5.14 Å². The molecule has 0 amide bonds. The van der Waals surface area contributed by atoms with E-state index in [0.717, 1.165) is 0 Å². The molecule has 2 N–H and O–H groups in total. The number of nitrogens with two attached hydrogens (primary N) is 1. The van der Waals surface area contributed by atoms with Gasteiger partial charge in [0.25, 0.3) is 0 Å². The summed E-state index contributed by atoms with van der Waals surface area (Å²) in [6.45, 7) is 0.366. The lowest BCUT2D eigenvalue weighted by atomic mass is 10.2. The number of hydrogen-bond donors (Lipinski definition) is 1. The van der Waals surface area contributed by atoms with E-state index < -0.39 is 16.0 Å². The fourth-order valence-electron chi connectivity index (χ4n) is 1.36. The van der Waals surface area contributed by atoms with Crippen molar-refractivity contribution < 1.29 is 27.4 Å². The number of ether oxygens (including phenoxy) is 3. The lowest BCUT2D eigenvalue weighted by Crippen LogP contribution is -2.21. The monoisotopic (exact) mass is 303 g/mol. The summed E-state index contributed by atoms with van der Waals surface area (Å²) < 4.78 is 36.4. The maximum atomic E-state index is 11.5. The van der Waals surface area contributed by atoms with Gasteiger partial charge in [-0.2, -0.15) is 0 Å². The number of rotatable bonds is 8. The molecule has 0 atom stereocenters. The SMILES string of the molecule is COC(=O)c1ccccc1OCCOCCS(N)(=O)=O. The van der Waals surface area contributed by atoms with Gasteiger partial charge in [0.05, 0.1) is 26.1 Å². The van der Waals surface area contributed by atoms with E-state index in [1.165, 1.54) is 7.11 Å². The van der Waals surface area contributed by atoms with Crippen molar-refractivity contribution >= 4 is 16.0 Å². The fourth-order valence-corrected chi connectivity index (χ4v) is 1.71. The standard InChI is InChI=1S/C12H17NO6S/c1-17-12(14)10-4-2-3-5-11(10)19-7-6-18-8-9-20(13,15)16/h2-5H,6-9H2,1H3,(H2,13,15,16). The Kier molecular flexibility index (Phi) is 6.43. The minimum Gasteiger partial charge on any atom is -0.490 e. The second-order valence-corrected chi connectivity index (χ2v) is 5.55. The Bertz CT molecular complexity index is 543. The molecule has 0 unspecified atom stereocenters. The summed E-state index contributed by atoms with van der Waals surface area (Å²) in [6.07, 6.45) is 0. The minimum atomic E-state index is -3.51. The van der Waals surface area contributed by atoms with Gasteiger partial charge >= 0.3 is 5.97 Å². The van der Waals surface area contributed by atoms with Crippen LogP contribution in [0.1, 0.15) is 10.4 Å². The van der Waals surface area contributed by atoms with Crippen LogP contribution >= 0.6 is 0 Å². The first-order valence-corrected chi connectivity index (χ1v) is 7.54. The van der Waals surface area contributed by atoms with Crippen LogP contribution < -0.4 is 9.88 Å². The highest BCUT2D eigenvalue weighted by Gasteiger charge is 2.11. The van der Waals surface area contributed by atoms with Crippen LogP contribution in [-0.2, 0) is 19.5 Å². The van der Waals surface area contributed by atoms with Crippen molar-refractivity contribution in [1.82, 2.24) is 0 Å². The molecular weight excluding hydrogens is 286 g/mol. The van der Waals surface area contributed by atoms with E-state index >= 15 is 0 Å². The Hall–Kier alpha value is -1.64. The molecule has 1 aromatic carbocycles. The van der Waals surface area contributed by atoms with Crippen molar-refractivity contribution in [2.45, 2.75) is 0 Å². The van der Waals surface area contributed by atoms with E-state index in [1.54, 1.807) is 24.3 Å². The molecule has 0 fully saturated rings. The molecule has 0 aliphatic rings. The summed E-state index contributed by atoms with van der Waals surface area (Å²) in [5.41, 5.74) is 0.319. The molecule has 1 aromatic rings. The predicted molar refractivity (Wildman–Crippen MR) is 72.1 cm³/mol. The second-order valence-electron chi connectivity index (χ2n) is 3.82. The number of carbonyl (C=O) groups is 1. The number of esters is 1. The summed E-state index contributed by atoms with van der Waals surface area (Å²) in [4.78, 5) is 11.5. The lowest BCUT2D eigenvalue weighted by molar-refractivity contribution is 0.0592. The van der Waals surface area contributed by atoms with Gasteiger partial charge in [-0.3, -0.25) is 0 Å². The Morgan fingerprint density at radius 2 is 1.90 bits per heavy atom. The second kappa shape index (κ2) is 7.83. The Labute approximate surface area is 117 Å². The smallest absolute Gasteiger partial charge is 0.341 e. The van der Waals surface area contributed by atoms with Gasteiger partial charge in [0, 0.05) is 0 Å². The number of benzene rings is 1. The third-order valence-corrected chi connectivity index (χ3v) is 3.03. The number of sulfonamides is 1. The molecule has 0 bridgehead atoms. The predicted octanol–water partition coefficient (Wildman–Crippen LogP) is 0.157. The first-order chi connectivity index (χ1) is 9.44. The Morgan fingerprint density at radius 1 is 1.20 bits per heavy atom. The van der Waals surface area contributed by atoms with E-state index in [2.05, 4.69) is 4.74 Å². The quantitative estimate of drug-likeness (QED) is 0.541. The summed E-state index contributed by atoms with van der Waals surface area (Å²) >= 11 is 0. The highest BCUT2D eigenvalue weighted by atomic mass is 32.2. The van der Waals surface area contributed by atoms with Crippen LogP contribution in [0.2, 0.25) is 0 Å². The zero-order valence-electron chi connectivity index (χ0n) is 11.1. The van der Waals surface area contributed by atoms with E-state index in [0.29, 0.717) is 11.3 Å². The summed E-state index contributed by atoms with van der Waals surface area (Å²) in [5, 5.41) is 4.82. The van der Waals surface area contributed by atoms with Gasteiger partial charge in [0.15, 0.2) is 0 Å². The van der Waals surface area contributed by atoms with Gasteiger partial charge in [0.1, 0.15) is 17.9 Å². The summed E-state index contributed by atoms with van der Waals surface area (Å²) in [7, 11) is -2.22. The largest absolute Gasteiger partial charge is 0.490 e. The highest BCUT2D eigenvalue weighted by molar-refractivity contribution is 7.89. The molecule has 0 aliphatic carbocycles. The minimum absolute atomic E-state index is 0.000835. The number of hydrogen-bond acceptors (Lipinski definition) is 6. The molecule has 0 saturated heterocycles. The van der Waals surface area contributed by atoms with Crippen LogP contribution in [0.5, 0.6) is 5.75 Å². The van der Waals surface area contributed by atoms with Crippen LogP contribution in [0.4, 0.5) is 0 Å². The topological polar surface area (TPSA) is 105 Å². The van der Waals surface area contributed by atoms with Gasteiger partial charge in [-0.25, -0.2) is 18.4 Å². The van der Waals surface area contributed by atoms with Crippen LogP contribution in [0, 0.1) is 0 Å². The van der Waals surface area contributed by atoms with E-state index in [1.807, 2.05) is 0 Å². The van der Waals surface area contributed by atoms with Gasteiger partial charge in [-0.15, -0.1) is 0 Å². The number of primary sulfonamides is 1. The fraction of sp³-hybridized carbons (Fsp3) is 0.417. The van der Waals surface area contributed by atoms with Crippen molar-refractivity contribution in [3.63, 3.8) is 0 Å². The Morgan fingerprint density at radius 3 is 2.55 bits per heavy atom. The third-order valence-electron chi connectivity index (χ3n) is 2.29. The summed E-state index contributed by atoms with van der Waals surface area (Å²) in [6, 6.07) is 6.64. The van der Waals surface area contributed by atoms with Crippen molar-refractivity contribution in [1.29, 1.82) is 0 Å². The zero-order valence-corrected chi connectivity index (χ0v) is 11.9. The van der Waals surface area contributed by atoms with E-state index in [9.17, 15) is 13.2 Å². The molecule has 7 nitrogen and oxygen atoms in total. The van der Waals surface area contributed by atoms with Crippen LogP contribution in [0.3, 0.4) is 0 Å². The highest BCUT2D eigenvalue weighted by Crippen LogP contribution is 2.18. The van der Waals surface area contributed by atoms with Gasteiger partial charge in [-0.1, -0.05) is 12.1 Å². The van der Waals surface area contributed by atoms with Crippen molar-refractivity contribution in [3.05, 3.63) is 29.8 Å². The maximum Gasteiger partial charge on any atom is 0.341 e. The van der Waals surface area contributed by atoms with Gasteiger partial charge in [0.2, 0.25) is 10.0 Å². The average molecular weight is 303 g/mol. The molecule has 0 aromatic heterocycles. The van der Waals surface area contributed by atoms with Gasteiger partial charge < -0.3 is 14.2 Å². The molecule has 20 heavy (non-hydrogen) atoms. The first kappa shape index (κ1) is 16.4. The molecule has 0 aliphatic heterocycles.